The number of hydrogen-bond donors (Lipinski definition) is 6. The Labute approximate surface area is 210 Å². The first-order valence-electron chi connectivity index (χ1n) is 12.2. The van der Waals surface area contributed by atoms with Crippen molar-refractivity contribution in [3.05, 3.63) is 54.1 Å². The van der Waals surface area contributed by atoms with Gasteiger partial charge in [-0.1, -0.05) is 24.3 Å². The summed E-state index contributed by atoms with van der Waals surface area (Å²) in [4.78, 5) is 38.9. The van der Waals surface area contributed by atoms with Crippen LogP contribution in [0.1, 0.15) is 30.1 Å². The molecule has 10 nitrogen and oxygen atoms in total. The summed E-state index contributed by atoms with van der Waals surface area (Å²) in [5, 5.41) is 27.2. The van der Waals surface area contributed by atoms with E-state index in [-0.39, 0.29) is 12.5 Å². The molecular formula is C26H33N5O5. The zero-order valence-corrected chi connectivity index (χ0v) is 20.2. The van der Waals surface area contributed by atoms with Gasteiger partial charge in [0, 0.05) is 23.8 Å². The third-order valence-corrected chi connectivity index (χ3v) is 6.99. The molecule has 0 saturated carbocycles. The van der Waals surface area contributed by atoms with Crippen molar-refractivity contribution in [2.45, 2.75) is 38.0 Å². The molecule has 3 amide bonds. The fraction of sp³-hybridized carbons (Fsp3) is 0.423. The van der Waals surface area contributed by atoms with E-state index in [9.17, 15) is 19.5 Å². The number of hydrogen-bond acceptors (Lipinski definition) is 7. The highest BCUT2D eigenvalue weighted by Gasteiger charge is 2.33. The van der Waals surface area contributed by atoms with Crippen LogP contribution >= 0.6 is 0 Å². The van der Waals surface area contributed by atoms with Crippen LogP contribution in [-0.4, -0.2) is 77.3 Å². The van der Waals surface area contributed by atoms with Crippen LogP contribution in [0.2, 0.25) is 0 Å². The van der Waals surface area contributed by atoms with Crippen LogP contribution in [0.15, 0.2) is 48.5 Å². The summed E-state index contributed by atoms with van der Waals surface area (Å²) in [6.07, 6.45) is 1.22. The average molecular weight is 496 g/mol. The van der Waals surface area contributed by atoms with Crippen LogP contribution in [-0.2, 0) is 9.59 Å². The lowest BCUT2D eigenvalue weighted by atomic mass is 9.84. The van der Waals surface area contributed by atoms with Gasteiger partial charge in [-0.2, -0.15) is 0 Å². The summed E-state index contributed by atoms with van der Waals surface area (Å²) in [5.41, 5.74) is 4.22. The van der Waals surface area contributed by atoms with Crippen LogP contribution in [0.5, 0.6) is 0 Å². The van der Waals surface area contributed by atoms with Gasteiger partial charge in [0.25, 0.3) is 11.8 Å². The Kier molecular flexibility index (Phi) is 8.32. The first-order valence-corrected chi connectivity index (χ1v) is 12.2. The zero-order valence-electron chi connectivity index (χ0n) is 20.2. The summed E-state index contributed by atoms with van der Waals surface area (Å²) >= 11 is 0. The molecule has 0 aromatic heterocycles. The number of anilines is 1. The van der Waals surface area contributed by atoms with Crippen molar-refractivity contribution < 1.29 is 24.7 Å². The molecule has 2 bridgehead atoms. The SMILES string of the molecule is C[C@@H](O)[C@H](NC(=O)c1ccc(-c2ccc(NC(=O)CN[C@@H]3CN4CCC3CC4)cc2)cc1)C(=O)NO. The summed E-state index contributed by atoms with van der Waals surface area (Å²) in [6, 6.07) is 13.3. The van der Waals surface area contributed by atoms with E-state index in [1.165, 1.54) is 38.3 Å². The first-order chi connectivity index (χ1) is 17.3. The molecule has 3 heterocycles. The van der Waals surface area contributed by atoms with Gasteiger partial charge < -0.3 is 26.0 Å². The van der Waals surface area contributed by atoms with E-state index in [0.717, 1.165) is 17.7 Å². The summed E-state index contributed by atoms with van der Waals surface area (Å²) in [5.74, 6) is -0.864. The van der Waals surface area contributed by atoms with Gasteiger partial charge in [0.15, 0.2) is 0 Å². The number of amides is 3. The van der Waals surface area contributed by atoms with Crippen LogP contribution in [0.3, 0.4) is 0 Å². The molecule has 3 aliphatic rings. The first kappa shape index (κ1) is 25.8. The Morgan fingerprint density at radius 1 is 1.00 bits per heavy atom. The fourth-order valence-corrected chi connectivity index (χ4v) is 4.88. The summed E-state index contributed by atoms with van der Waals surface area (Å²) < 4.78 is 0. The Bertz CT molecular complexity index is 1070. The molecule has 5 rings (SSSR count). The van der Waals surface area contributed by atoms with E-state index in [0.29, 0.717) is 23.2 Å². The standard InChI is InChI=1S/C26H33N5O5/c1-16(32)24(26(35)30-36)29-25(34)20-4-2-17(3-5-20)18-6-8-21(9-7-18)28-23(33)14-27-22-15-31-12-10-19(22)11-13-31/h2-9,16,19,22,24,27,32,36H,10-15H2,1H3,(H,28,33)(H,29,34)(H,30,35)/t16-,22-,24+/m1/s1. The van der Waals surface area contributed by atoms with Crippen molar-refractivity contribution in [1.29, 1.82) is 0 Å². The van der Waals surface area contributed by atoms with Crippen LogP contribution < -0.4 is 21.4 Å². The minimum atomic E-state index is -1.28. The molecule has 192 valence electrons. The number of fused-ring (bicyclic) bond motifs is 3. The fourth-order valence-electron chi connectivity index (χ4n) is 4.88. The zero-order chi connectivity index (χ0) is 25.7. The van der Waals surface area contributed by atoms with Crippen molar-refractivity contribution in [3.8, 4) is 11.1 Å². The minimum Gasteiger partial charge on any atom is -0.391 e. The molecule has 0 spiro atoms. The third-order valence-electron chi connectivity index (χ3n) is 6.99. The lowest BCUT2D eigenvalue weighted by Gasteiger charge is -2.45. The average Bonchev–Trinajstić information content (AvgIpc) is 2.91. The van der Waals surface area contributed by atoms with E-state index in [2.05, 4.69) is 20.9 Å². The molecule has 6 N–H and O–H groups in total. The van der Waals surface area contributed by atoms with E-state index in [1.807, 2.05) is 24.3 Å². The molecule has 3 atom stereocenters. The maximum atomic E-state index is 12.4. The quantitative estimate of drug-likeness (QED) is 0.225. The van der Waals surface area contributed by atoms with Gasteiger partial charge in [0.1, 0.15) is 6.04 Å². The summed E-state index contributed by atoms with van der Waals surface area (Å²) in [6.45, 7) is 4.99. The van der Waals surface area contributed by atoms with Gasteiger partial charge >= 0.3 is 0 Å². The minimum absolute atomic E-state index is 0.0695. The highest BCUT2D eigenvalue weighted by atomic mass is 16.5. The van der Waals surface area contributed by atoms with Crippen molar-refractivity contribution in [1.82, 2.24) is 21.0 Å². The number of piperidine rings is 3. The van der Waals surface area contributed by atoms with Gasteiger partial charge in [-0.05, 0) is 74.2 Å². The second-order valence-electron chi connectivity index (χ2n) is 9.50. The lowest BCUT2D eigenvalue weighted by molar-refractivity contribution is -0.133. The number of carbonyl (C=O) groups excluding carboxylic acids is 3. The van der Waals surface area contributed by atoms with E-state index < -0.39 is 24.0 Å². The molecule has 36 heavy (non-hydrogen) atoms. The maximum Gasteiger partial charge on any atom is 0.268 e. The highest BCUT2D eigenvalue weighted by Crippen LogP contribution is 2.27. The topological polar surface area (TPSA) is 143 Å². The molecule has 0 aliphatic carbocycles. The molecule has 0 radical (unpaired) electrons. The second-order valence-corrected chi connectivity index (χ2v) is 9.50. The predicted molar refractivity (Wildman–Crippen MR) is 134 cm³/mol. The molecule has 3 fully saturated rings. The van der Waals surface area contributed by atoms with Gasteiger partial charge in [-0.3, -0.25) is 19.6 Å². The molecular weight excluding hydrogens is 462 g/mol. The number of carbonyl (C=O) groups is 3. The van der Waals surface area contributed by atoms with Crippen molar-refractivity contribution in [2.24, 2.45) is 5.92 Å². The Morgan fingerprint density at radius 3 is 2.14 bits per heavy atom. The van der Waals surface area contributed by atoms with E-state index in [4.69, 9.17) is 5.21 Å². The van der Waals surface area contributed by atoms with E-state index >= 15 is 0 Å². The van der Waals surface area contributed by atoms with Crippen molar-refractivity contribution >= 4 is 23.4 Å². The van der Waals surface area contributed by atoms with E-state index in [1.54, 1.807) is 24.3 Å². The van der Waals surface area contributed by atoms with Crippen molar-refractivity contribution in [3.63, 3.8) is 0 Å². The Morgan fingerprint density at radius 2 is 1.61 bits per heavy atom. The number of rotatable bonds is 9. The number of hydroxylamine groups is 1. The monoisotopic (exact) mass is 495 g/mol. The lowest BCUT2D eigenvalue weighted by Crippen LogP contribution is -2.57. The number of nitrogens with one attached hydrogen (secondary N) is 4. The maximum absolute atomic E-state index is 12.4. The largest absolute Gasteiger partial charge is 0.391 e. The molecule has 0 unspecified atom stereocenters. The predicted octanol–water partition coefficient (Wildman–Crippen LogP) is 0.961. The van der Waals surface area contributed by atoms with Crippen LogP contribution in [0.4, 0.5) is 5.69 Å². The third kappa shape index (κ3) is 6.27. The van der Waals surface area contributed by atoms with Crippen molar-refractivity contribution in [2.75, 3.05) is 31.5 Å². The van der Waals surface area contributed by atoms with Gasteiger partial charge in [0.2, 0.25) is 5.91 Å². The van der Waals surface area contributed by atoms with Gasteiger partial charge in [0.05, 0.1) is 12.6 Å². The van der Waals surface area contributed by atoms with Gasteiger partial charge in [-0.15, -0.1) is 0 Å². The molecule has 2 aromatic carbocycles. The Hall–Kier alpha value is -3.31. The number of benzene rings is 2. The van der Waals surface area contributed by atoms with Gasteiger partial charge in [-0.25, -0.2) is 5.48 Å². The number of aliphatic hydroxyl groups is 1. The smallest absolute Gasteiger partial charge is 0.268 e. The van der Waals surface area contributed by atoms with Crippen LogP contribution in [0, 0.1) is 5.92 Å². The number of aliphatic hydroxyl groups excluding tert-OH is 1. The molecule has 3 aliphatic heterocycles. The molecule has 2 aromatic rings. The van der Waals surface area contributed by atoms with Crippen LogP contribution in [0.25, 0.3) is 11.1 Å². The second kappa shape index (κ2) is 11.6. The number of nitrogens with zero attached hydrogens (tertiary/aromatic N) is 1. The highest BCUT2D eigenvalue weighted by molar-refractivity contribution is 5.98. The summed E-state index contributed by atoms with van der Waals surface area (Å²) in [7, 11) is 0. The normalized spacial score (nSPS) is 22.4. The molecule has 3 saturated heterocycles. The Balaban J connectivity index is 1.29. The molecule has 10 heteroatoms.